The van der Waals surface area contributed by atoms with Gasteiger partial charge in [0.15, 0.2) is 5.82 Å². The normalized spacial score (nSPS) is 10.9. The summed E-state index contributed by atoms with van der Waals surface area (Å²) in [6.45, 7) is 1.51. The van der Waals surface area contributed by atoms with Crippen LogP contribution in [0.5, 0.6) is 0 Å². The molecule has 2 rings (SSSR count). The van der Waals surface area contributed by atoms with Crippen molar-refractivity contribution in [3.63, 3.8) is 0 Å². The van der Waals surface area contributed by atoms with Crippen LogP contribution in [0.1, 0.15) is 5.69 Å². The van der Waals surface area contributed by atoms with E-state index in [1.54, 1.807) is 0 Å². The molecule has 2 heterocycles. The van der Waals surface area contributed by atoms with Crippen molar-refractivity contribution in [2.45, 2.75) is 6.92 Å². The number of halogens is 2. The first-order valence-corrected chi connectivity index (χ1v) is 4.71. The van der Waals surface area contributed by atoms with E-state index in [-0.39, 0.29) is 21.9 Å². The van der Waals surface area contributed by atoms with E-state index < -0.39 is 5.82 Å². The van der Waals surface area contributed by atoms with Crippen LogP contribution >= 0.6 is 11.6 Å². The highest BCUT2D eigenvalue weighted by molar-refractivity contribution is 6.34. The van der Waals surface area contributed by atoms with Crippen LogP contribution in [-0.4, -0.2) is 9.55 Å². The molecule has 78 valence electrons. The van der Waals surface area contributed by atoms with Gasteiger partial charge in [-0.3, -0.25) is 4.79 Å². The fourth-order valence-electron chi connectivity index (χ4n) is 1.50. The summed E-state index contributed by atoms with van der Waals surface area (Å²) in [5.41, 5.74) is 0.108. The van der Waals surface area contributed by atoms with E-state index in [2.05, 4.69) is 4.98 Å². The predicted molar refractivity (Wildman–Crippen MR) is 56.7 cm³/mol. The molecule has 0 bridgehead atoms. The van der Waals surface area contributed by atoms with Gasteiger partial charge in [0.05, 0.1) is 11.2 Å². The molecule has 0 N–H and O–H groups in total. The van der Waals surface area contributed by atoms with Gasteiger partial charge in [-0.15, -0.1) is 0 Å². The highest BCUT2D eigenvalue weighted by atomic mass is 35.5. The van der Waals surface area contributed by atoms with Gasteiger partial charge < -0.3 is 4.57 Å². The average Bonchev–Trinajstić information content (AvgIpc) is 2.19. The fraction of sp³-hybridized carbons (Fsp3) is 0.200. The lowest BCUT2D eigenvalue weighted by Crippen LogP contribution is -2.16. The van der Waals surface area contributed by atoms with Gasteiger partial charge in [-0.2, -0.15) is 0 Å². The van der Waals surface area contributed by atoms with Crippen LogP contribution in [0.2, 0.25) is 5.15 Å². The standard InChI is InChI=1S/C10H8ClFN2O/c1-5-8(12)9-6(10(11)13-5)3-4-7(15)14(9)2/h3-4H,1-2H3. The van der Waals surface area contributed by atoms with E-state index >= 15 is 0 Å². The largest absolute Gasteiger partial charge is 0.309 e. The number of hydrogen-bond donors (Lipinski definition) is 0. The molecule has 5 heteroatoms. The molecule has 0 unspecified atom stereocenters. The van der Waals surface area contributed by atoms with Crippen LogP contribution in [0.25, 0.3) is 10.9 Å². The second kappa shape index (κ2) is 3.31. The lowest BCUT2D eigenvalue weighted by atomic mass is 10.2. The maximum Gasteiger partial charge on any atom is 0.250 e. The third kappa shape index (κ3) is 1.41. The fourth-order valence-corrected chi connectivity index (χ4v) is 1.78. The zero-order chi connectivity index (χ0) is 11.2. The molecular weight excluding hydrogens is 219 g/mol. The summed E-state index contributed by atoms with van der Waals surface area (Å²) < 4.78 is 15.0. The summed E-state index contributed by atoms with van der Waals surface area (Å²) in [5, 5.41) is 0.654. The Hall–Kier alpha value is -1.42. The van der Waals surface area contributed by atoms with Crippen LogP contribution in [-0.2, 0) is 7.05 Å². The Morgan fingerprint density at radius 2 is 2.13 bits per heavy atom. The summed E-state index contributed by atoms with van der Waals surface area (Å²) in [5.74, 6) is -0.505. The Morgan fingerprint density at radius 1 is 1.47 bits per heavy atom. The van der Waals surface area contributed by atoms with Gasteiger partial charge in [0.1, 0.15) is 5.15 Å². The van der Waals surface area contributed by atoms with E-state index in [4.69, 9.17) is 11.6 Å². The first kappa shape index (κ1) is 10.1. The van der Waals surface area contributed by atoms with Gasteiger partial charge in [-0.25, -0.2) is 9.37 Å². The van der Waals surface area contributed by atoms with E-state index in [1.165, 1.54) is 30.7 Å². The lowest BCUT2D eigenvalue weighted by molar-refractivity contribution is 0.612. The summed E-state index contributed by atoms with van der Waals surface area (Å²) in [4.78, 5) is 15.2. The molecule has 3 nitrogen and oxygen atoms in total. The van der Waals surface area contributed by atoms with Crippen molar-refractivity contribution in [2.75, 3.05) is 0 Å². The molecule has 0 aliphatic carbocycles. The number of fused-ring (bicyclic) bond motifs is 1. The summed E-state index contributed by atoms with van der Waals surface area (Å²) in [7, 11) is 1.50. The first-order valence-electron chi connectivity index (χ1n) is 4.33. The molecule has 0 saturated heterocycles. The molecule has 0 aromatic carbocycles. The Bertz CT molecular complexity index is 606. The SMILES string of the molecule is Cc1nc(Cl)c2ccc(=O)n(C)c2c1F. The minimum absolute atomic E-state index is 0.189. The molecule has 0 amide bonds. The Balaban J connectivity index is 3.11. The molecule has 0 atom stereocenters. The first-order chi connectivity index (χ1) is 7.02. The van der Waals surface area contributed by atoms with Crippen molar-refractivity contribution < 1.29 is 4.39 Å². The zero-order valence-corrected chi connectivity index (χ0v) is 8.97. The van der Waals surface area contributed by atoms with Crippen LogP contribution < -0.4 is 5.56 Å². The molecule has 0 fully saturated rings. The smallest absolute Gasteiger partial charge is 0.250 e. The summed E-state index contributed by atoms with van der Waals surface area (Å²) in [6.07, 6.45) is 0. The molecule has 15 heavy (non-hydrogen) atoms. The van der Waals surface area contributed by atoms with Gasteiger partial charge in [-0.1, -0.05) is 11.6 Å². The van der Waals surface area contributed by atoms with Gasteiger partial charge >= 0.3 is 0 Å². The van der Waals surface area contributed by atoms with E-state index in [0.717, 1.165) is 0 Å². The number of rotatable bonds is 0. The van der Waals surface area contributed by atoms with E-state index in [1.807, 2.05) is 0 Å². The van der Waals surface area contributed by atoms with Gasteiger partial charge in [0.2, 0.25) is 0 Å². The van der Waals surface area contributed by atoms with Crippen LogP contribution in [0.3, 0.4) is 0 Å². The minimum Gasteiger partial charge on any atom is -0.309 e. The van der Waals surface area contributed by atoms with Gasteiger partial charge in [0.25, 0.3) is 5.56 Å². The quantitative estimate of drug-likeness (QED) is 0.645. The lowest BCUT2D eigenvalue weighted by Gasteiger charge is -2.08. The molecule has 2 aromatic heterocycles. The third-order valence-corrected chi connectivity index (χ3v) is 2.62. The number of aryl methyl sites for hydroxylation is 2. The molecule has 2 aromatic rings. The highest BCUT2D eigenvalue weighted by Crippen LogP contribution is 2.23. The molecule has 0 saturated carbocycles. The number of hydrogen-bond acceptors (Lipinski definition) is 2. The number of pyridine rings is 2. The van der Waals surface area contributed by atoms with Crippen molar-refractivity contribution in [1.82, 2.24) is 9.55 Å². The molecular formula is C10H8ClFN2O. The van der Waals surface area contributed by atoms with Crippen LogP contribution in [0.15, 0.2) is 16.9 Å². The van der Waals surface area contributed by atoms with E-state index in [9.17, 15) is 9.18 Å². The molecule has 0 radical (unpaired) electrons. The van der Waals surface area contributed by atoms with E-state index in [0.29, 0.717) is 5.39 Å². The van der Waals surface area contributed by atoms with Crippen molar-refractivity contribution >= 4 is 22.5 Å². The summed E-state index contributed by atoms with van der Waals surface area (Å²) >= 11 is 5.87. The molecule has 0 spiro atoms. The maximum absolute atomic E-state index is 13.7. The predicted octanol–water partition coefficient (Wildman–Crippen LogP) is 2.03. The summed E-state index contributed by atoms with van der Waals surface area (Å²) in [6, 6.07) is 2.82. The van der Waals surface area contributed by atoms with Gasteiger partial charge in [0, 0.05) is 18.5 Å². The minimum atomic E-state index is -0.505. The van der Waals surface area contributed by atoms with Gasteiger partial charge in [-0.05, 0) is 13.0 Å². The second-order valence-electron chi connectivity index (χ2n) is 3.29. The molecule has 0 aliphatic heterocycles. The average molecular weight is 227 g/mol. The maximum atomic E-state index is 13.7. The van der Waals surface area contributed by atoms with Crippen LogP contribution in [0.4, 0.5) is 4.39 Å². The Kier molecular flexibility index (Phi) is 2.23. The van der Waals surface area contributed by atoms with Crippen molar-refractivity contribution in [1.29, 1.82) is 0 Å². The monoisotopic (exact) mass is 226 g/mol. The second-order valence-corrected chi connectivity index (χ2v) is 3.65. The van der Waals surface area contributed by atoms with Crippen molar-refractivity contribution in [2.24, 2.45) is 7.05 Å². The van der Waals surface area contributed by atoms with Crippen molar-refractivity contribution in [3.05, 3.63) is 39.2 Å². The van der Waals surface area contributed by atoms with Crippen LogP contribution in [0, 0.1) is 12.7 Å². The zero-order valence-electron chi connectivity index (χ0n) is 8.21. The topological polar surface area (TPSA) is 34.9 Å². The Labute approximate surface area is 90.1 Å². The Morgan fingerprint density at radius 3 is 2.80 bits per heavy atom. The molecule has 0 aliphatic rings. The number of aromatic nitrogens is 2. The highest BCUT2D eigenvalue weighted by Gasteiger charge is 2.12. The third-order valence-electron chi connectivity index (χ3n) is 2.33. The number of nitrogens with zero attached hydrogens (tertiary/aromatic N) is 2. The van der Waals surface area contributed by atoms with Crippen molar-refractivity contribution in [3.8, 4) is 0 Å².